The fraction of sp³-hybridized carbons (Fsp3) is 1.00. The molecule has 0 aliphatic heterocycles. The van der Waals surface area contributed by atoms with E-state index in [-0.39, 0.29) is 6.54 Å². The van der Waals surface area contributed by atoms with Gasteiger partial charge in [-0.15, -0.1) is 4.78 Å². The minimum absolute atomic E-state index is 0.290. The largest absolute Gasteiger partial charge is 0.416 e. The number of hydrazine groups is 1. The minimum atomic E-state index is -4.07. The van der Waals surface area contributed by atoms with E-state index in [1.165, 1.54) is 0 Å². The molecule has 0 heterocycles. The summed E-state index contributed by atoms with van der Waals surface area (Å²) in [7, 11) is -4.07. The van der Waals surface area contributed by atoms with Crippen LogP contribution in [0.1, 0.15) is 13.8 Å². The maximum atomic E-state index is 10.5. The molecule has 0 bridgehead atoms. The number of nitrogens with one attached hydrogen (secondary N) is 1. The van der Waals surface area contributed by atoms with E-state index in [1.54, 1.807) is 13.8 Å². The van der Waals surface area contributed by atoms with E-state index < -0.39 is 7.75 Å². The summed E-state index contributed by atoms with van der Waals surface area (Å²) in [6.07, 6.45) is 0. The topological polar surface area (TPSA) is 72.8 Å². The van der Waals surface area contributed by atoms with E-state index in [9.17, 15) is 4.57 Å². The summed E-state index contributed by atoms with van der Waals surface area (Å²) in [5.41, 5.74) is 2.54. The molecule has 0 aromatic carbocycles. The minimum Gasteiger partial charge on any atom is -0.312 e. The molecule has 0 saturated heterocycles. The first-order valence-electron chi connectivity index (χ1n) is 3.09. The van der Waals surface area contributed by atoms with Crippen molar-refractivity contribution in [3.05, 3.63) is 0 Å². The van der Waals surface area contributed by atoms with Crippen LogP contribution in [0.25, 0.3) is 0 Å². The third kappa shape index (κ3) is 3.29. The predicted octanol–water partition coefficient (Wildman–Crippen LogP) is -0.0745. The van der Waals surface area contributed by atoms with Gasteiger partial charge >= 0.3 is 7.75 Å². The fourth-order valence-corrected chi connectivity index (χ4v) is 1.26. The van der Waals surface area contributed by atoms with Crippen molar-refractivity contribution >= 4 is 7.75 Å². The first-order valence-corrected chi connectivity index (χ1v) is 4.66. The summed E-state index contributed by atoms with van der Waals surface area (Å²) < 4.78 is 11.4. The molecule has 5 nitrogen and oxygen atoms in total. The molecule has 62 valence electrons. The van der Waals surface area contributed by atoms with E-state index in [4.69, 9.17) is 9.79 Å². The van der Waals surface area contributed by atoms with Crippen LogP contribution in [0.2, 0.25) is 0 Å². The number of hydrogen-bond donors (Lipinski definition) is 3. The molecule has 0 amide bonds. The molecule has 0 aliphatic rings. The molecule has 0 radical (unpaired) electrons. The third-order valence-electron chi connectivity index (χ3n) is 0.955. The van der Waals surface area contributed by atoms with Crippen LogP contribution in [0.4, 0.5) is 0 Å². The highest BCUT2D eigenvalue weighted by atomic mass is 31.2. The molecule has 0 spiro atoms. The van der Waals surface area contributed by atoms with Gasteiger partial charge in [-0.3, -0.25) is 0 Å². The summed E-state index contributed by atoms with van der Waals surface area (Å²) in [5.74, 6) is 0. The molecule has 3 N–H and O–H groups in total. The Bertz CT molecular complexity index is 134. The van der Waals surface area contributed by atoms with Crippen LogP contribution in [0.3, 0.4) is 0 Å². The second kappa shape index (κ2) is 4.05. The third-order valence-corrected chi connectivity index (χ3v) is 2.01. The average molecular weight is 168 g/mol. The van der Waals surface area contributed by atoms with Crippen molar-refractivity contribution in [3.8, 4) is 0 Å². The highest BCUT2D eigenvalue weighted by molar-refractivity contribution is 7.49. The van der Waals surface area contributed by atoms with Gasteiger partial charge < -0.3 is 9.79 Å². The molecule has 0 saturated carbocycles. The van der Waals surface area contributed by atoms with Crippen LogP contribution in [0.15, 0.2) is 0 Å². The van der Waals surface area contributed by atoms with E-state index in [2.05, 4.69) is 5.43 Å². The van der Waals surface area contributed by atoms with Gasteiger partial charge in [0.15, 0.2) is 0 Å². The molecule has 0 aliphatic carbocycles. The first-order chi connectivity index (χ1) is 4.52. The van der Waals surface area contributed by atoms with Crippen molar-refractivity contribution in [3.63, 3.8) is 0 Å². The Morgan fingerprint density at radius 2 is 2.00 bits per heavy atom. The lowest BCUT2D eigenvalue weighted by Gasteiger charge is -2.20. The quantitative estimate of drug-likeness (QED) is 0.404. The van der Waals surface area contributed by atoms with Crippen molar-refractivity contribution in [2.24, 2.45) is 0 Å². The standard InChI is InChI=1S/C4H13N2O3P/c1-3-5-6(4-2)10(7,8)9/h5H,3-4H2,1-2H3,(H2,7,8,9). The van der Waals surface area contributed by atoms with Crippen molar-refractivity contribution in [2.45, 2.75) is 13.8 Å². The highest BCUT2D eigenvalue weighted by Gasteiger charge is 2.21. The molecule has 0 rings (SSSR count). The van der Waals surface area contributed by atoms with Crippen LogP contribution < -0.4 is 5.43 Å². The van der Waals surface area contributed by atoms with Crippen LogP contribution in [0.5, 0.6) is 0 Å². The summed E-state index contributed by atoms with van der Waals surface area (Å²) in [6, 6.07) is 0. The normalized spacial score (nSPS) is 12.5. The molecule has 10 heavy (non-hydrogen) atoms. The van der Waals surface area contributed by atoms with Crippen LogP contribution in [0, 0.1) is 0 Å². The van der Waals surface area contributed by atoms with E-state index in [0.717, 1.165) is 4.78 Å². The molecule has 0 aromatic heterocycles. The Morgan fingerprint density at radius 1 is 1.50 bits per heavy atom. The van der Waals surface area contributed by atoms with Gasteiger partial charge in [0, 0.05) is 13.1 Å². The molecule has 0 fully saturated rings. The van der Waals surface area contributed by atoms with Gasteiger partial charge in [0.1, 0.15) is 0 Å². The maximum Gasteiger partial charge on any atom is 0.416 e. The molecular weight excluding hydrogens is 155 g/mol. The maximum absolute atomic E-state index is 10.5. The zero-order chi connectivity index (χ0) is 8.20. The monoisotopic (exact) mass is 168 g/mol. The second-order valence-electron chi connectivity index (χ2n) is 1.74. The number of rotatable bonds is 4. The molecule has 6 heteroatoms. The van der Waals surface area contributed by atoms with Gasteiger partial charge in [-0.25, -0.2) is 9.99 Å². The Morgan fingerprint density at radius 3 is 2.10 bits per heavy atom. The zero-order valence-electron chi connectivity index (χ0n) is 6.11. The fourth-order valence-electron chi connectivity index (χ4n) is 0.571. The van der Waals surface area contributed by atoms with Gasteiger partial charge in [0.2, 0.25) is 0 Å². The van der Waals surface area contributed by atoms with Gasteiger partial charge in [-0.1, -0.05) is 13.8 Å². The van der Waals surface area contributed by atoms with E-state index >= 15 is 0 Å². The Labute approximate surface area is 60.2 Å². The SMILES string of the molecule is CCNN(CC)P(=O)(O)O. The number of hydrogen-bond acceptors (Lipinski definition) is 2. The van der Waals surface area contributed by atoms with Crippen LogP contribution >= 0.6 is 7.75 Å². The summed E-state index contributed by atoms with van der Waals surface area (Å²) in [5, 5.41) is 0. The van der Waals surface area contributed by atoms with Crippen molar-refractivity contribution in [1.29, 1.82) is 0 Å². The Hall–Kier alpha value is 0.0700. The Kier molecular flexibility index (Phi) is 4.08. The van der Waals surface area contributed by atoms with Gasteiger partial charge in [-0.05, 0) is 0 Å². The first kappa shape index (κ1) is 10.1. The van der Waals surface area contributed by atoms with Gasteiger partial charge in [-0.2, -0.15) is 0 Å². The van der Waals surface area contributed by atoms with Crippen LogP contribution in [-0.2, 0) is 4.57 Å². The second-order valence-corrected chi connectivity index (χ2v) is 3.25. The smallest absolute Gasteiger partial charge is 0.312 e. The van der Waals surface area contributed by atoms with E-state index in [1.807, 2.05) is 0 Å². The lowest BCUT2D eigenvalue weighted by molar-refractivity contribution is 0.231. The average Bonchev–Trinajstić information content (AvgIpc) is 1.80. The van der Waals surface area contributed by atoms with Crippen molar-refractivity contribution in [2.75, 3.05) is 13.1 Å². The predicted molar refractivity (Wildman–Crippen MR) is 38.1 cm³/mol. The summed E-state index contributed by atoms with van der Waals surface area (Å²) in [6.45, 7) is 4.25. The molecule has 0 atom stereocenters. The zero-order valence-corrected chi connectivity index (χ0v) is 7.01. The lowest BCUT2D eigenvalue weighted by Crippen LogP contribution is -2.34. The number of nitrogens with zero attached hydrogens (tertiary/aromatic N) is 1. The lowest BCUT2D eigenvalue weighted by atomic mass is 10.8. The molecule has 0 unspecified atom stereocenters. The van der Waals surface area contributed by atoms with Crippen molar-refractivity contribution < 1.29 is 14.4 Å². The molecule has 0 aromatic rings. The van der Waals surface area contributed by atoms with Gasteiger partial charge in [0.25, 0.3) is 0 Å². The van der Waals surface area contributed by atoms with E-state index in [0.29, 0.717) is 6.54 Å². The Balaban J connectivity index is 3.94. The summed E-state index contributed by atoms with van der Waals surface area (Å²) >= 11 is 0. The van der Waals surface area contributed by atoms with Crippen LogP contribution in [-0.4, -0.2) is 27.7 Å². The molecular formula is C4H13N2O3P. The summed E-state index contributed by atoms with van der Waals surface area (Å²) in [4.78, 5) is 17.2. The highest BCUT2D eigenvalue weighted by Crippen LogP contribution is 2.37. The van der Waals surface area contributed by atoms with Crippen molar-refractivity contribution in [1.82, 2.24) is 10.2 Å². The van der Waals surface area contributed by atoms with Gasteiger partial charge in [0.05, 0.1) is 0 Å².